The third-order valence-corrected chi connectivity index (χ3v) is 5.78. The number of thiophene rings is 2. The smallest absolute Gasteiger partial charge is 0.221 e. The van der Waals surface area contributed by atoms with Crippen molar-refractivity contribution in [2.24, 2.45) is 0 Å². The van der Waals surface area contributed by atoms with Gasteiger partial charge in [0.15, 0.2) is 12.5 Å². The first-order chi connectivity index (χ1) is 10.1. The molecule has 3 rings (SSSR count). The monoisotopic (exact) mass is 401 g/mol. The van der Waals surface area contributed by atoms with Crippen LogP contribution in [0.15, 0.2) is 33.4 Å². The normalized spacial score (nSPS) is 12.7. The molecule has 3 aromatic heterocycles. The number of quaternary nitrogens is 1. The van der Waals surface area contributed by atoms with Crippen molar-refractivity contribution in [1.29, 1.82) is 0 Å². The van der Waals surface area contributed by atoms with Gasteiger partial charge in [0.1, 0.15) is 6.54 Å². The van der Waals surface area contributed by atoms with Crippen molar-refractivity contribution in [3.8, 4) is 10.7 Å². The maximum absolute atomic E-state index is 5.34. The Labute approximate surface area is 144 Å². The minimum atomic E-state index is 0.602. The molecule has 1 atom stereocenters. The van der Waals surface area contributed by atoms with Gasteiger partial charge in [0.2, 0.25) is 4.77 Å². The van der Waals surface area contributed by atoms with Crippen LogP contribution >= 0.6 is 50.8 Å². The molecule has 2 N–H and O–H groups in total. The van der Waals surface area contributed by atoms with Crippen molar-refractivity contribution in [1.82, 2.24) is 14.8 Å². The summed E-state index contributed by atoms with van der Waals surface area (Å²) in [6.07, 6.45) is 0. The van der Waals surface area contributed by atoms with Crippen LogP contribution < -0.4 is 4.90 Å². The fourth-order valence-corrected chi connectivity index (χ4v) is 4.52. The molecule has 0 fully saturated rings. The van der Waals surface area contributed by atoms with Crippen LogP contribution in [0, 0.1) is 4.77 Å². The van der Waals surface area contributed by atoms with Crippen molar-refractivity contribution in [3.05, 3.63) is 43.1 Å². The average Bonchev–Trinajstić information content (AvgIpc) is 3.13. The number of nitrogens with zero attached hydrogens (tertiary/aromatic N) is 2. The van der Waals surface area contributed by atoms with Crippen LogP contribution in [0.3, 0.4) is 0 Å². The molecule has 0 aliphatic heterocycles. The largest absolute Gasteiger partial charge is 0.314 e. The van der Waals surface area contributed by atoms with E-state index >= 15 is 0 Å². The Kier molecular flexibility index (Phi) is 4.70. The highest BCUT2D eigenvalue weighted by Gasteiger charge is 2.11. The van der Waals surface area contributed by atoms with Gasteiger partial charge < -0.3 is 4.90 Å². The Balaban J connectivity index is 1.71. The number of aromatic nitrogens is 3. The molecule has 4 nitrogen and oxygen atoms in total. The number of H-pyrrole nitrogens is 1. The molecule has 0 aliphatic rings. The van der Waals surface area contributed by atoms with E-state index in [0.29, 0.717) is 4.77 Å². The lowest BCUT2D eigenvalue weighted by molar-refractivity contribution is -0.917. The standard InChI is InChI=1S/C13H13BrN4S3/c1-17(7-9-4-5-11(14)21-9)8-18-13(19)15-12(16-18)10-3-2-6-20-10/h2-6H,7-8H2,1H3,(H,15,16,19)/p+1. The molecular formula is C13H14BrN4S3+. The third-order valence-electron chi connectivity index (χ3n) is 2.97. The van der Waals surface area contributed by atoms with Crippen LogP contribution in [0.5, 0.6) is 0 Å². The first-order valence-corrected chi connectivity index (χ1v) is 9.28. The van der Waals surface area contributed by atoms with Crippen molar-refractivity contribution >= 4 is 50.8 Å². The van der Waals surface area contributed by atoms with E-state index in [4.69, 9.17) is 12.2 Å². The molecule has 0 saturated heterocycles. The number of rotatable bonds is 5. The fourth-order valence-electron chi connectivity index (χ4n) is 2.06. The van der Waals surface area contributed by atoms with Crippen LogP contribution in [-0.4, -0.2) is 21.8 Å². The highest BCUT2D eigenvalue weighted by atomic mass is 79.9. The number of halogens is 1. The topological polar surface area (TPSA) is 38.0 Å². The van der Waals surface area contributed by atoms with E-state index < -0.39 is 0 Å². The van der Waals surface area contributed by atoms with Crippen LogP contribution in [0.4, 0.5) is 0 Å². The third kappa shape index (κ3) is 3.70. The zero-order chi connectivity index (χ0) is 14.8. The molecule has 0 radical (unpaired) electrons. The maximum atomic E-state index is 5.34. The highest BCUT2D eigenvalue weighted by molar-refractivity contribution is 9.11. The fraction of sp³-hybridized carbons (Fsp3) is 0.231. The first kappa shape index (κ1) is 15.1. The Morgan fingerprint density at radius 3 is 2.95 bits per heavy atom. The van der Waals surface area contributed by atoms with Crippen molar-refractivity contribution in [3.63, 3.8) is 0 Å². The summed E-state index contributed by atoms with van der Waals surface area (Å²) in [5.41, 5.74) is 0. The van der Waals surface area contributed by atoms with Crippen molar-refractivity contribution < 1.29 is 4.90 Å². The van der Waals surface area contributed by atoms with E-state index in [0.717, 1.165) is 23.9 Å². The maximum Gasteiger partial charge on any atom is 0.221 e. The summed E-state index contributed by atoms with van der Waals surface area (Å²) in [6, 6.07) is 8.30. The van der Waals surface area contributed by atoms with Crippen LogP contribution in [0.1, 0.15) is 4.88 Å². The zero-order valence-electron chi connectivity index (χ0n) is 11.3. The molecule has 8 heteroatoms. The molecule has 0 aliphatic carbocycles. The molecule has 0 saturated carbocycles. The lowest BCUT2D eigenvalue weighted by atomic mass is 10.4. The predicted molar refractivity (Wildman–Crippen MR) is 93.3 cm³/mol. The minimum Gasteiger partial charge on any atom is -0.314 e. The summed E-state index contributed by atoms with van der Waals surface area (Å²) in [4.78, 5) is 8.24. The number of hydrogen-bond acceptors (Lipinski definition) is 4. The molecule has 0 amide bonds. The van der Waals surface area contributed by atoms with Gasteiger partial charge >= 0.3 is 0 Å². The van der Waals surface area contributed by atoms with Gasteiger partial charge in [-0.3, -0.25) is 5.10 Å². The number of hydrogen-bond donors (Lipinski definition) is 2. The molecule has 1 unspecified atom stereocenters. The van der Waals surface area contributed by atoms with Crippen LogP contribution in [0.25, 0.3) is 10.7 Å². The van der Waals surface area contributed by atoms with Crippen LogP contribution in [-0.2, 0) is 13.2 Å². The van der Waals surface area contributed by atoms with E-state index in [1.807, 2.05) is 22.2 Å². The molecule has 0 spiro atoms. The van der Waals surface area contributed by atoms with E-state index in [1.165, 1.54) is 13.6 Å². The van der Waals surface area contributed by atoms with Gasteiger partial charge in [-0.1, -0.05) is 6.07 Å². The molecular weight excluding hydrogens is 388 g/mol. The van der Waals surface area contributed by atoms with E-state index in [-0.39, 0.29) is 0 Å². The van der Waals surface area contributed by atoms with Crippen molar-refractivity contribution in [2.75, 3.05) is 7.05 Å². The summed E-state index contributed by atoms with van der Waals surface area (Å²) in [6.45, 7) is 1.73. The molecule has 3 aromatic rings. The Hall–Kier alpha value is -0.800. The quantitative estimate of drug-likeness (QED) is 0.644. The summed E-state index contributed by atoms with van der Waals surface area (Å²) < 4.78 is 3.70. The summed E-state index contributed by atoms with van der Waals surface area (Å²) in [5.74, 6) is 0.849. The van der Waals surface area contributed by atoms with Gasteiger partial charge in [-0.05, 0) is 51.7 Å². The van der Waals surface area contributed by atoms with E-state index in [2.05, 4.69) is 45.2 Å². The Morgan fingerprint density at radius 2 is 2.29 bits per heavy atom. The molecule has 0 bridgehead atoms. The summed E-state index contributed by atoms with van der Waals surface area (Å²) >= 11 is 12.3. The van der Waals surface area contributed by atoms with Gasteiger partial charge in [0.25, 0.3) is 0 Å². The lowest BCUT2D eigenvalue weighted by Gasteiger charge is -2.12. The van der Waals surface area contributed by atoms with Crippen LogP contribution in [0.2, 0.25) is 0 Å². The Morgan fingerprint density at radius 1 is 1.43 bits per heavy atom. The SMILES string of the molecule is C[NH+](Cc1ccc(Br)s1)Cn1[nH]c(-c2cccs2)nc1=S. The molecule has 0 aromatic carbocycles. The first-order valence-electron chi connectivity index (χ1n) is 6.38. The molecule has 21 heavy (non-hydrogen) atoms. The number of nitrogens with one attached hydrogen (secondary N) is 2. The van der Waals surface area contributed by atoms with Crippen molar-refractivity contribution in [2.45, 2.75) is 13.2 Å². The van der Waals surface area contributed by atoms with Gasteiger partial charge in [0, 0.05) is 0 Å². The van der Waals surface area contributed by atoms with Gasteiger partial charge in [0.05, 0.1) is 20.6 Å². The second-order valence-electron chi connectivity index (χ2n) is 4.76. The van der Waals surface area contributed by atoms with Gasteiger partial charge in [-0.15, -0.1) is 22.7 Å². The predicted octanol–water partition coefficient (Wildman–Crippen LogP) is 3.17. The minimum absolute atomic E-state index is 0.602. The zero-order valence-corrected chi connectivity index (χ0v) is 15.3. The average molecular weight is 402 g/mol. The van der Waals surface area contributed by atoms with Gasteiger partial charge in [-0.25, -0.2) is 4.68 Å². The second kappa shape index (κ2) is 6.53. The highest BCUT2D eigenvalue weighted by Crippen LogP contribution is 2.21. The number of aromatic amines is 1. The summed E-state index contributed by atoms with van der Waals surface area (Å²) in [7, 11) is 2.15. The van der Waals surface area contributed by atoms with Gasteiger partial charge in [-0.2, -0.15) is 4.98 Å². The van der Waals surface area contributed by atoms with E-state index in [9.17, 15) is 0 Å². The Bertz CT molecular complexity index is 772. The van der Waals surface area contributed by atoms with E-state index in [1.54, 1.807) is 22.7 Å². The second-order valence-corrected chi connectivity index (χ2v) is 8.62. The molecule has 3 heterocycles. The summed E-state index contributed by atoms with van der Waals surface area (Å²) in [5, 5.41) is 5.33. The lowest BCUT2D eigenvalue weighted by Crippen LogP contribution is -3.06. The molecule has 110 valence electrons.